The van der Waals surface area contributed by atoms with Gasteiger partial charge in [0.15, 0.2) is 11.6 Å². The highest BCUT2D eigenvalue weighted by atomic mass is 35.5. The Hall–Kier alpha value is -1.93. The van der Waals surface area contributed by atoms with Crippen molar-refractivity contribution in [2.45, 2.75) is 12.8 Å². The average Bonchev–Trinajstić information content (AvgIpc) is 2.64. The van der Waals surface area contributed by atoms with Crippen LogP contribution in [0.3, 0.4) is 0 Å². The van der Waals surface area contributed by atoms with Gasteiger partial charge >= 0.3 is 0 Å². The number of Topliss-reactive ketones (excluding diaryl/α,β-unsaturated/α-hetero) is 2. The molecule has 0 aromatic heterocycles. The van der Waals surface area contributed by atoms with Crippen molar-refractivity contribution in [3.8, 4) is 0 Å². The molecule has 0 N–H and O–H groups in total. The molecule has 19 heavy (non-hydrogen) atoms. The van der Waals surface area contributed by atoms with Crippen molar-refractivity contribution < 1.29 is 9.59 Å². The molecule has 1 aliphatic carbocycles. The Morgan fingerprint density at radius 1 is 0.895 bits per heavy atom. The molecule has 0 atom stereocenters. The number of ketones is 2. The van der Waals surface area contributed by atoms with Crippen molar-refractivity contribution >= 4 is 23.2 Å². The van der Waals surface area contributed by atoms with Crippen LogP contribution >= 0.6 is 11.6 Å². The van der Waals surface area contributed by atoms with Crippen LogP contribution in [0, 0.1) is 6.92 Å². The molecule has 0 amide bonds. The summed E-state index contributed by atoms with van der Waals surface area (Å²) in [6.45, 7) is 1.87. The number of fused-ring (bicyclic) bond motifs is 1. The average molecular weight is 271 g/mol. The number of hydrogen-bond acceptors (Lipinski definition) is 2. The molecule has 0 heterocycles. The second-order valence-electron chi connectivity index (χ2n) is 4.68. The molecule has 94 valence electrons. The number of hydrogen-bond donors (Lipinski definition) is 0. The van der Waals surface area contributed by atoms with Crippen LogP contribution in [-0.2, 0) is 0 Å². The van der Waals surface area contributed by atoms with Crippen molar-refractivity contribution in [1.82, 2.24) is 0 Å². The molecule has 0 bridgehead atoms. The number of aryl methyl sites for hydroxylation is 1. The Kier molecular flexibility index (Phi) is 2.76. The Morgan fingerprint density at radius 2 is 1.47 bits per heavy atom. The van der Waals surface area contributed by atoms with Crippen molar-refractivity contribution in [1.29, 1.82) is 0 Å². The standard InChI is InChI=1S/C16H11ClO2/c1-9-5-4-8-12(17)13(9)14-15(18)10-6-2-3-7-11(10)16(14)19/h2-8,14H,1H3. The van der Waals surface area contributed by atoms with E-state index in [1.807, 2.05) is 19.1 Å². The topological polar surface area (TPSA) is 34.1 Å². The molecule has 1 aliphatic rings. The normalized spacial score (nSPS) is 14.8. The van der Waals surface area contributed by atoms with Gasteiger partial charge in [-0.05, 0) is 24.1 Å². The van der Waals surface area contributed by atoms with Gasteiger partial charge in [-0.2, -0.15) is 0 Å². The van der Waals surface area contributed by atoms with Crippen LogP contribution in [0.5, 0.6) is 0 Å². The van der Waals surface area contributed by atoms with E-state index < -0.39 is 5.92 Å². The van der Waals surface area contributed by atoms with E-state index in [1.54, 1.807) is 30.3 Å². The van der Waals surface area contributed by atoms with Gasteiger partial charge in [-0.1, -0.05) is 48.0 Å². The first-order valence-electron chi connectivity index (χ1n) is 6.03. The summed E-state index contributed by atoms with van der Waals surface area (Å²) in [6, 6.07) is 12.3. The van der Waals surface area contributed by atoms with Crippen LogP contribution in [0.4, 0.5) is 0 Å². The third-order valence-corrected chi connectivity index (χ3v) is 3.87. The van der Waals surface area contributed by atoms with Gasteiger partial charge in [0.25, 0.3) is 0 Å². The number of halogens is 1. The Labute approximate surface area is 116 Å². The molecule has 0 fully saturated rings. The lowest BCUT2D eigenvalue weighted by Gasteiger charge is -2.12. The zero-order chi connectivity index (χ0) is 13.6. The monoisotopic (exact) mass is 270 g/mol. The quantitative estimate of drug-likeness (QED) is 0.739. The maximum atomic E-state index is 12.4. The van der Waals surface area contributed by atoms with Gasteiger partial charge in [-0.3, -0.25) is 9.59 Å². The minimum absolute atomic E-state index is 0.156. The maximum Gasteiger partial charge on any atom is 0.178 e. The number of benzene rings is 2. The number of carbonyl (C=O) groups excluding carboxylic acids is 2. The molecular weight excluding hydrogens is 260 g/mol. The van der Waals surface area contributed by atoms with E-state index in [2.05, 4.69) is 0 Å². The Morgan fingerprint density at radius 3 is 2.00 bits per heavy atom. The molecule has 0 saturated heterocycles. The number of rotatable bonds is 1. The summed E-state index contributed by atoms with van der Waals surface area (Å²) >= 11 is 6.18. The van der Waals surface area contributed by atoms with Gasteiger partial charge in [0.1, 0.15) is 5.92 Å². The molecule has 3 heteroatoms. The summed E-state index contributed by atoms with van der Waals surface area (Å²) in [5.74, 6) is -1.10. The van der Waals surface area contributed by atoms with Crippen molar-refractivity contribution in [2.24, 2.45) is 0 Å². The van der Waals surface area contributed by atoms with Gasteiger partial charge < -0.3 is 0 Å². The van der Waals surface area contributed by atoms with Crippen LogP contribution in [0.25, 0.3) is 0 Å². The zero-order valence-electron chi connectivity index (χ0n) is 10.3. The van der Waals surface area contributed by atoms with E-state index in [-0.39, 0.29) is 11.6 Å². The van der Waals surface area contributed by atoms with Gasteiger partial charge in [0.05, 0.1) is 0 Å². The molecule has 2 nitrogen and oxygen atoms in total. The highest BCUT2D eigenvalue weighted by Gasteiger charge is 2.40. The van der Waals surface area contributed by atoms with Crippen LogP contribution in [0.15, 0.2) is 42.5 Å². The largest absolute Gasteiger partial charge is 0.293 e. The third kappa shape index (κ3) is 1.71. The molecule has 0 saturated carbocycles. The van der Waals surface area contributed by atoms with Crippen LogP contribution < -0.4 is 0 Å². The SMILES string of the molecule is Cc1cccc(Cl)c1C1C(=O)c2ccccc2C1=O. The fourth-order valence-electron chi connectivity index (χ4n) is 2.62. The Balaban J connectivity index is 2.20. The molecule has 0 spiro atoms. The molecule has 0 unspecified atom stereocenters. The molecule has 2 aromatic carbocycles. The highest BCUT2D eigenvalue weighted by molar-refractivity contribution is 6.35. The van der Waals surface area contributed by atoms with Crippen molar-refractivity contribution in [3.05, 3.63) is 69.7 Å². The predicted molar refractivity (Wildman–Crippen MR) is 74.0 cm³/mol. The summed E-state index contributed by atoms with van der Waals surface area (Å²) < 4.78 is 0. The second-order valence-corrected chi connectivity index (χ2v) is 5.08. The predicted octanol–water partition coefficient (Wildman–Crippen LogP) is 3.81. The first-order chi connectivity index (χ1) is 9.11. The zero-order valence-corrected chi connectivity index (χ0v) is 11.1. The van der Waals surface area contributed by atoms with Crippen LogP contribution in [-0.4, -0.2) is 11.6 Å². The van der Waals surface area contributed by atoms with Gasteiger partial charge in [-0.15, -0.1) is 0 Å². The molecule has 2 aromatic rings. The van der Waals surface area contributed by atoms with Gasteiger partial charge in [-0.25, -0.2) is 0 Å². The van der Waals surface area contributed by atoms with E-state index in [0.717, 1.165) is 5.56 Å². The molecule has 3 rings (SSSR count). The third-order valence-electron chi connectivity index (χ3n) is 3.54. The molecule has 0 aliphatic heterocycles. The molecular formula is C16H11ClO2. The van der Waals surface area contributed by atoms with E-state index >= 15 is 0 Å². The lowest BCUT2D eigenvalue weighted by Crippen LogP contribution is -2.14. The summed E-state index contributed by atoms with van der Waals surface area (Å²) in [5, 5.41) is 0.472. The summed E-state index contributed by atoms with van der Waals surface area (Å²) in [7, 11) is 0. The maximum absolute atomic E-state index is 12.4. The summed E-state index contributed by atoms with van der Waals surface area (Å²) in [5.41, 5.74) is 2.50. The van der Waals surface area contributed by atoms with Gasteiger partial charge in [0.2, 0.25) is 0 Å². The first-order valence-corrected chi connectivity index (χ1v) is 6.41. The smallest absolute Gasteiger partial charge is 0.178 e. The fraction of sp³-hybridized carbons (Fsp3) is 0.125. The summed E-state index contributed by atoms with van der Waals surface area (Å²) in [4.78, 5) is 24.9. The van der Waals surface area contributed by atoms with Crippen molar-refractivity contribution in [2.75, 3.05) is 0 Å². The van der Waals surface area contributed by atoms with Gasteiger partial charge in [0, 0.05) is 16.1 Å². The summed E-state index contributed by atoms with van der Waals surface area (Å²) in [6.07, 6.45) is 0. The fourth-order valence-corrected chi connectivity index (χ4v) is 2.95. The first kappa shape index (κ1) is 12.1. The van der Waals surface area contributed by atoms with E-state index in [9.17, 15) is 9.59 Å². The lowest BCUT2D eigenvalue weighted by atomic mass is 9.91. The Bertz CT molecular complexity index is 648. The highest BCUT2D eigenvalue weighted by Crippen LogP contribution is 2.38. The van der Waals surface area contributed by atoms with Crippen LogP contribution in [0.2, 0.25) is 5.02 Å². The minimum atomic E-state index is -0.786. The van der Waals surface area contributed by atoms with Crippen molar-refractivity contribution in [3.63, 3.8) is 0 Å². The van der Waals surface area contributed by atoms with E-state index in [1.165, 1.54) is 0 Å². The second kappa shape index (κ2) is 4.32. The van der Waals surface area contributed by atoms with Crippen LogP contribution in [0.1, 0.15) is 37.8 Å². The number of carbonyl (C=O) groups is 2. The lowest BCUT2D eigenvalue weighted by molar-refractivity contribution is 0.0889. The minimum Gasteiger partial charge on any atom is -0.293 e. The molecule has 0 radical (unpaired) electrons. The van der Waals surface area contributed by atoms with E-state index in [4.69, 9.17) is 11.6 Å². The van der Waals surface area contributed by atoms with E-state index in [0.29, 0.717) is 21.7 Å².